The molecule has 2 rings (SSSR count). The highest BCUT2D eigenvalue weighted by Gasteiger charge is 2.11. The fourth-order valence-electron chi connectivity index (χ4n) is 1.46. The van der Waals surface area contributed by atoms with E-state index >= 15 is 0 Å². The summed E-state index contributed by atoms with van der Waals surface area (Å²) in [6.07, 6.45) is 0.378. The van der Waals surface area contributed by atoms with E-state index in [1.807, 2.05) is 0 Å². The normalized spacial score (nSPS) is 10.1. The molecule has 7 heteroatoms. The van der Waals surface area contributed by atoms with Gasteiger partial charge in [-0.05, 0) is 18.2 Å². The minimum Gasteiger partial charge on any atom is -0.326 e. The molecule has 1 aromatic carbocycles. The molecule has 0 radical (unpaired) electrons. The van der Waals surface area contributed by atoms with Crippen LogP contribution in [-0.2, 0) is 4.79 Å². The van der Waals surface area contributed by atoms with Gasteiger partial charge in [-0.2, -0.15) is 0 Å². The number of halogens is 1. The van der Waals surface area contributed by atoms with E-state index in [-0.39, 0.29) is 11.8 Å². The first-order valence-corrected chi connectivity index (χ1v) is 7.21. The molecular formula is C13H12ClN3O2S. The molecule has 0 atom stereocenters. The maximum absolute atomic E-state index is 11.9. The lowest BCUT2D eigenvalue weighted by molar-refractivity contribution is -0.115. The van der Waals surface area contributed by atoms with Gasteiger partial charge in [-0.15, -0.1) is 11.3 Å². The van der Waals surface area contributed by atoms with Crippen LogP contribution in [0.25, 0.3) is 0 Å². The lowest BCUT2D eigenvalue weighted by Crippen LogP contribution is -2.13. The minimum atomic E-state index is -0.341. The monoisotopic (exact) mass is 309 g/mol. The largest absolute Gasteiger partial charge is 0.326 e. The molecule has 0 aliphatic carbocycles. The first kappa shape index (κ1) is 14.5. The number of aromatic nitrogens is 1. The first-order valence-electron chi connectivity index (χ1n) is 5.89. The van der Waals surface area contributed by atoms with Crippen LogP contribution in [0.15, 0.2) is 29.1 Å². The quantitative estimate of drug-likeness (QED) is 0.909. The molecule has 20 heavy (non-hydrogen) atoms. The molecule has 2 N–H and O–H groups in total. The average Bonchev–Trinajstić information content (AvgIpc) is 2.96. The molecule has 0 aliphatic heterocycles. The van der Waals surface area contributed by atoms with Crippen molar-refractivity contribution >= 4 is 46.1 Å². The highest BCUT2D eigenvalue weighted by Crippen LogP contribution is 2.26. The van der Waals surface area contributed by atoms with Crippen LogP contribution in [-0.4, -0.2) is 16.8 Å². The Hall–Kier alpha value is -1.92. The summed E-state index contributed by atoms with van der Waals surface area (Å²) in [6.45, 7) is 1.76. The van der Waals surface area contributed by atoms with E-state index in [4.69, 9.17) is 11.6 Å². The Morgan fingerprint density at radius 3 is 2.80 bits per heavy atom. The minimum absolute atomic E-state index is 0.107. The Morgan fingerprint density at radius 2 is 2.15 bits per heavy atom. The van der Waals surface area contributed by atoms with E-state index in [1.165, 1.54) is 11.3 Å². The van der Waals surface area contributed by atoms with Gasteiger partial charge in [0, 0.05) is 17.5 Å². The number of benzene rings is 1. The maximum Gasteiger partial charge on any atom is 0.275 e. The van der Waals surface area contributed by atoms with Crippen LogP contribution in [0.1, 0.15) is 23.8 Å². The summed E-state index contributed by atoms with van der Waals surface area (Å²) >= 11 is 7.36. The average molecular weight is 310 g/mol. The summed E-state index contributed by atoms with van der Waals surface area (Å²) < 4.78 is 0. The van der Waals surface area contributed by atoms with Gasteiger partial charge in [0.2, 0.25) is 5.91 Å². The van der Waals surface area contributed by atoms with Gasteiger partial charge >= 0.3 is 0 Å². The number of hydrogen-bond acceptors (Lipinski definition) is 4. The maximum atomic E-state index is 11.9. The van der Waals surface area contributed by atoms with Crippen molar-refractivity contribution in [2.45, 2.75) is 13.3 Å². The number of hydrogen-bond donors (Lipinski definition) is 2. The molecule has 104 valence electrons. The van der Waals surface area contributed by atoms with Gasteiger partial charge in [0.15, 0.2) is 0 Å². The molecule has 0 unspecified atom stereocenters. The fourth-order valence-corrected chi connectivity index (χ4v) is 2.16. The Bertz CT molecular complexity index is 629. The van der Waals surface area contributed by atoms with Gasteiger partial charge < -0.3 is 10.6 Å². The SMILES string of the molecule is CCC(=O)Nc1ccc(Cl)c(NC(=O)c2cscn2)c1. The van der Waals surface area contributed by atoms with Crippen molar-refractivity contribution in [1.29, 1.82) is 0 Å². The number of anilines is 2. The molecule has 5 nitrogen and oxygen atoms in total. The van der Waals surface area contributed by atoms with Crippen LogP contribution in [0.4, 0.5) is 11.4 Å². The Labute approximate surface area is 125 Å². The molecule has 2 amide bonds. The predicted molar refractivity (Wildman–Crippen MR) is 80.4 cm³/mol. The van der Waals surface area contributed by atoms with Crippen LogP contribution in [0.3, 0.4) is 0 Å². The second-order valence-corrected chi connectivity index (χ2v) is 5.05. The van der Waals surface area contributed by atoms with E-state index < -0.39 is 0 Å². The summed E-state index contributed by atoms with van der Waals surface area (Å²) in [7, 11) is 0. The molecule has 0 saturated heterocycles. The summed E-state index contributed by atoms with van der Waals surface area (Å²) in [6, 6.07) is 4.90. The van der Waals surface area contributed by atoms with Crippen LogP contribution < -0.4 is 10.6 Å². The van der Waals surface area contributed by atoms with Crippen molar-refractivity contribution in [2.24, 2.45) is 0 Å². The molecule has 0 fully saturated rings. The third kappa shape index (κ3) is 3.55. The van der Waals surface area contributed by atoms with E-state index in [2.05, 4.69) is 15.6 Å². The van der Waals surface area contributed by atoms with Gasteiger partial charge in [0.05, 0.1) is 16.2 Å². The number of thiazole rings is 1. The highest BCUT2D eigenvalue weighted by molar-refractivity contribution is 7.07. The number of carbonyl (C=O) groups excluding carboxylic acids is 2. The van der Waals surface area contributed by atoms with Crippen molar-refractivity contribution in [1.82, 2.24) is 4.98 Å². The topological polar surface area (TPSA) is 71.1 Å². The van der Waals surface area contributed by atoms with Crippen LogP contribution in [0, 0.1) is 0 Å². The zero-order valence-corrected chi connectivity index (χ0v) is 12.2. The lowest BCUT2D eigenvalue weighted by Gasteiger charge is -2.09. The third-order valence-electron chi connectivity index (χ3n) is 2.48. The molecule has 1 aromatic heterocycles. The fraction of sp³-hybridized carbons (Fsp3) is 0.154. The molecule has 0 saturated carbocycles. The van der Waals surface area contributed by atoms with Crippen LogP contribution in [0.5, 0.6) is 0 Å². The van der Waals surface area contributed by atoms with Gasteiger partial charge in [-0.3, -0.25) is 9.59 Å². The Balaban J connectivity index is 2.16. The van der Waals surface area contributed by atoms with Crippen molar-refractivity contribution in [2.75, 3.05) is 10.6 Å². The van der Waals surface area contributed by atoms with Crippen molar-refractivity contribution < 1.29 is 9.59 Å². The van der Waals surface area contributed by atoms with Gasteiger partial charge in [0.25, 0.3) is 5.91 Å². The lowest BCUT2D eigenvalue weighted by atomic mass is 10.2. The van der Waals surface area contributed by atoms with Crippen molar-refractivity contribution in [3.63, 3.8) is 0 Å². The third-order valence-corrected chi connectivity index (χ3v) is 3.40. The van der Waals surface area contributed by atoms with E-state index in [0.717, 1.165) is 0 Å². The van der Waals surface area contributed by atoms with Gasteiger partial charge in [-0.25, -0.2) is 4.98 Å². The summed E-state index contributed by atoms with van der Waals surface area (Å²) in [5, 5.41) is 7.41. The number of amides is 2. The number of rotatable bonds is 4. The number of carbonyl (C=O) groups is 2. The Kier molecular flexibility index (Phi) is 4.70. The van der Waals surface area contributed by atoms with Crippen LogP contribution >= 0.6 is 22.9 Å². The predicted octanol–water partition coefficient (Wildman–Crippen LogP) is 3.40. The number of nitrogens with zero attached hydrogens (tertiary/aromatic N) is 1. The smallest absolute Gasteiger partial charge is 0.275 e. The summed E-state index contributed by atoms with van der Waals surface area (Å²) in [5.74, 6) is -0.448. The van der Waals surface area contributed by atoms with E-state index in [1.54, 1.807) is 36.0 Å². The molecule has 2 aromatic rings. The van der Waals surface area contributed by atoms with Crippen LogP contribution in [0.2, 0.25) is 5.02 Å². The molecule has 0 aliphatic rings. The van der Waals surface area contributed by atoms with Crippen molar-refractivity contribution in [3.05, 3.63) is 39.8 Å². The zero-order chi connectivity index (χ0) is 14.5. The molecular weight excluding hydrogens is 298 g/mol. The second kappa shape index (κ2) is 6.49. The Morgan fingerprint density at radius 1 is 1.35 bits per heavy atom. The first-order chi connectivity index (χ1) is 9.60. The molecule has 0 bridgehead atoms. The molecule has 0 spiro atoms. The number of nitrogens with one attached hydrogen (secondary N) is 2. The van der Waals surface area contributed by atoms with Crippen molar-refractivity contribution in [3.8, 4) is 0 Å². The summed E-state index contributed by atoms with van der Waals surface area (Å²) in [5.41, 5.74) is 2.91. The van der Waals surface area contributed by atoms with Gasteiger partial charge in [-0.1, -0.05) is 18.5 Å². The van der Waals surface area contributed by atoms with Gasteiger partial charge in [0.1, 0.15) is 5.69 Å². The second-order valence-electron chi connectivity index (χ2n) is 3.92. The zero-order valence-electron chi connectivity index (χ0n) is 10.6. The summed E-state index contributed by atoms with van der Waals surface area (Å²) in [4.78, 5) is 27.2. The van der Waals surface area contributed by atoms with E-state index in [0.29, 0.717) is 28.5 Å². The highest BCUT2D eigenvalue weighted by atomic mass is 35.5. The van der Waals surface area contributed by atoms with E-state index in [9.17, 15) is 9.59 Å². The standard InChI is InChI=1S/C13H12ClN3O2S/c1-2-12(18)16-8-3-4-9(14)10(5-8)17-13(19)11-6-20-7-15-11/h3-7H,2H2,1H3,(H,16,18)(H,17,19). The molecule has 1 heterocycles.